The lowest BCUT2D eigenvalue weighted by atomic mass is 10.1. The molecule has 0 saturated heterocycles. The fourth-order valence-electron chi connectivity index (χ4n) is 1.98. The molecule has 0 bridgehead atoms. The lowest BCUT2D eigenvalue weighted by Gasteiger charge is -2.16. The van der Waals surface area contributed by atoms with E-state index in [0.717, 1.165) is 0 Å². The number of hydrogen-bond acceptors (Lipinski definition) is 6. The molecule has 25 heavy (non-hydrogen) atoms. The second-order valence-corrected chi connectivity index (χ2v) is 6.05. The van der Waals surface area contributed by atoms with E-state index in [4.69, 9.17) is 9.47 Å². The molecule has 0 aliphatic heterocycles. The first-order chi connectivity index (χ1) is 11.8. The highest BCUT2D eigenvalue weighted by atomic mass is 16.5. The van der Waals surface area contributed by atoms with Gasteiger partial charge in [0, 0.05) is 18.2 Å². The summed E-state index contributed by atoms with van der Waals surface area (Å²) in [4.78, 5) is 23.5. The summed E-state index contributed by atoms with van der Waals surface area (Å²) in [5.74, 6) is 0.236. The van der Waals surface area contributed by atoms with Crippen molar-refractivity contribution in [1.29, 1.82) is 0 Å². The van der Waals surface area contributed by atoms with Gasteiger partial charge < -0.3 is 19.9 Å². The van der Waals surface area contributed by atoms with Crippen LogP contribution in [-0.4, -0.2) is 48.9 Å². The second-order valence-electron chi connectivity index (χ2n) is 6.05. The molecule has 0 aromatic heterocycles. The van der Waals surface area contributed by atoms with Gasteiger partial charge in [-0.1, -0.05) is 20.8 Å². The molecule has 0 aliphatic rings. The van der Waals surface area contributed by atoms with Crippen molar-refractivity contribution in [3.8, 4) is 5.75 Å². The van der Waals surface area contributed by atoms with Crippen LogP contribution in [0.5, 0.6) is 5.75 Å². The average molecular weight is 352 g/mol. The van der Waals surface area contributed by atoms with E-state index >= 15 is 0 Å². The Morgan fingerprint density at radius 2 is 2.00 bits per heavy atom. The lowest BCUT2D eigenvalue weighted by Crippen LogP contribution is -2.35. The maximum absolute atomic E-state index is 11.8. The monoisotopic (exact) mass is 352 g/mol. The Labute approximate surface area is 148 Å². The van der Waals surface area contributed by atoms with E-state index in [1.807, 2.05) is 20.8 Å². The highest BCUT2D eigenvalue weighted by molar-refractivity contribution is 6.02. The van der Waals surface area contributed by atoms with E-state index in [0.29, 0.717) is 36.6 Å². The van der Waals surface area contributed by atoms with Gasteiger partial charge >= 0.3 is 6.09 Å². The molecule has 0 fully saturated rings. The molecule has 0 aliphatic carbocycles. The fourth-order valence-corrected chi connectivity index (χ4v) is 1.98. The predicted molar refractivity (Wildman–Crippen MR) is 96.3 cm³/mol. The minimum Gasteiger partial charge on any atom is -0.491 e. The topological polar surface area (TPSA) is 96.9 Å². The number of Topliss-reactive ketones (excluding diaryl/α,β-unsaturated/α-hetero) is 1. The number of carbonyl (C=O) groups excluding carboxylic acids is 2. The van der Waals surface area contributed by atoms with Crippen molar-refractivity contribution in [3.05, 3.63) is 23.8 Å². The highest BCUT2D eigenvalue weighted by Gasteiger charge is 2.13. The van der Waals surface area contributed by atoms with E-state index in [1.54, 1.807) is 18.2 Å². The second kappa shape index (κ2) is 10.7. The molecule has 140 valence electrons. The first-order valence-corrected chi connectivity index (χ1v) is 8.46. The molecule has 1 aromatic carbocycles. The number of rotatable bonds is 10. The van der Waals surface area contributed by atoms with Crippen LogP contribution in [0.2, 0.25) is 0 Å². The summed E-state index contributed by atoms with van der Waals surface area (Å²) in [7, 11) is 0. The maximum Gasteiger partial charge on any atom is 0.411 e. The van der Waals surface area contributed by atoms with Crippen molar-refractivity contribution in [2.45, 2.75) is 46.3 Å². The largest absolute Gasteiger partial charge is 0.491 e. The van der Waals surface area contributed by atoms with E-state index in [1.165, 1.54) is 6.92 Å². The van der Waals surface area contributed by atoms with Crippen LogP contribution in [0.25, 0.3) is 0 Å². The molecule has 0 saturated carbocycles. The van der Waals surface area contributed by atoms with Crippen LogP contribution in [0.4, 0.5) is 10.5 Å². The zero-order valence-corrected chi connectivity index (χ0v) is 15.3. The summed E-state index contributed by atoms with van der Waals surface area (Å²) in [6.07, 6.45) is -0.550. The fraction of sp³-hybridized carbons (Fsp3) is 0.556. The van der Waals surface area contributed by atoms with Crippen LogP contribution < -0.4 is 15.4 Å². The van der Waals surface area contributed by atoms with Gasteiger partial charge in [-0.15, -0.1) is 0 Å². The van der Waals surface area contributed by atoms with Crippen molar-refractivity contribution in [2.24, 2.45) is 0 Å². The SMILES string of the molecule is CCCOC(=O)Nc1ccc(OCC(O)CNC(C)C)cc1C(C)=O. The molecule has 0 heterocycles. The summed E-state index contributed by atoms with van der Waals surface area (Å²) in [5, 5.41) is 15.5. The van der Waals surface area contributed by atoms with Crippen LogP contribution in [0.15, 0.2) is 18.2 Å². The van der Waals surface area contributed by atoms with Crippen molar-refractivity contribution in [3.63, 3.8) is 0 Å². The first-order valence-electron chi connectivity index (χ1n) is 8.46. The summed E-state index contributed by atoms with van der Waals surface area (Å²) < 4.78 is 10.5. The summed E-state index contributed by atoms with van der Waals surface area (Å²) in [6.45, 7) is 8.11. The summed E-state index contributed by atoms with van der Waals surface area (Å²) in [6, 6.07) is 5.03. The Bertz CT molecular complexity index is 575. The van der Waals surface area contributed by atoms with E-state index in [-0.39, 0.29) is 18.4 Å². The Balaban J connectivity index is 2.70. The van der Waals surface area contributed by atoms with Gasteiger partial charge in [-0.3, -0.25) is 10.1 Å². The van der Waals surface area contributed by atoms with Gasteiger partial charge in [0.05, 0.1) is 12.3 Å². The molecule has 1 unspecified atom stereocenters. The van der Waals surface area contributed by atoms with Gasteiger partial charge in [0.15, 0.2) is 5.78 Å². The molecule has 1 aromatic rings. The molecule has 0 radical (unpaired) electrons. The zero-order valence-electron chi connectivity index (χ0n) is 15.3. The lowest BCUT2D eigenvalue weighted by molar-refractivity contribution is 0.101. The normalized spacial score (nSPS) is 11.9. The molecule has 7 nitrogen and oxygen atoms in total. The molecule has 0 spiro atoms. The van der Waals surface area contributed by atoms with Crippen LogP contribution in [-0.2, 0) is 4.74 Å². The highest BCUT2D eigenvalue weighted by Crippen LogP contribution is 2.23. The summed E-state index contributed by atoms with van der Waals surface area (Å²) >= 11 is 0. The van der Waals surface area contributed by atoms with E-state index < -0.39 is 12.2 Å². The number of amides is 1. The number of carbonyl (C=O) groups is 2. The minimum atomic E-state index is -0.662. The number of aliphatic hydroxyl groups is 1. The molecule has 7 heteroatoms. The Kier molecular flexibility index (Phi) is 8.94. The van der Waals surface area contributed by atoms with Crippen molar-refractivity contribution < 1.29 is 24.2 Å². The minimum absolute atomic E-state index is 0.0996. The smallest absolute Gasteiger partial charge is 0.411 e. The van der Waals surface area contributed by atoms with Crippen LogP contribution in [0.3, 0.4) is 0 Å². The Morgan fingerprint density at radius 3 is 2.60 bits per heavy atom. The van der Waals surface area contributed by atoms with E-state index in [9.17, 15) is 14.7 Å². The third-order valence-corrected chi connectivity index (χ3v) is 3.25. The zero-order chi connectivity index (χ0) is 18.8. The number of aliphatic hydroxyl groups excluding tert-OH is 1. The van der Waals surface area contributed by atoms with Crippen LogP contribution >= 0.6 is 0 Å². The van der Waals surface area contributed by atoms with Crippen molar-refractivity contribution >= 4 is 17.6 Å². The van der Waals surface area contributed by atoms with Gasteiger partial charge in [0.1, 0.15) is 18.5 Å². The Hall–Kier alpha value is -2.12. The van der Waals surface area contributed by atoms with Gasteiger partial charge in [-0.25, -0.2) is 4.79 Å². The van der Waals surface area contributed by atoms with Gasteiger partial charge in [-0.2, -0.15) is 0 Å². The standard InChI is InChI=1S/C18H28N2O5/c1-5-8-24-18(23)20-17-7-6-15(9-16(17)13(4)21)25-11-14(22)10-19-12(2)3/h6-7,9,12,14,19,22H,5,8,10-11H2,1-4H3,(H,20,23). The number of ketones is 1. The number of ether oxygens (including phenoxy) is 2. The third-order valence-electron chi connectivity index (χ3n) is 3.25. The van der Waals surface area contributed by atoms with Gasteiger partial charge in [0.25, 0.3) is 0 Å². The quantitative estimate of drug-likeness (QED) is 0.560. The van der Waals surface area contributed by atoms with E-state index in [2.05, 4.69) is 10.6 Å². The molecule has 3 N–H and O–H groups in total. The van der Waals surface area contributed by atoms with Crippen LogP contribution in [0, 0.1) is 0 Å². The molecular weight excluding hydrogens is 324 g/mol. The predicted octanol–water partition coefficient (Wildman–Crippen LogP) is 2.59. The number of nitrogens with one attached hydrogen (secondary N) is 2. The molecular formula is C18H28N2O5. The first kappa shape index (κ1) is 20.9. The molecule has 1 amide bonds. The van der Waals surface area contributed by atoms with Gasteiger partial charge in [0.2, 0.25) is 0 Å². The molecule has 1 rings (SSSR count). The molecule has 1 atom stereocenters. The summed E-state index contributed by atoms with van der Waals surface area (Å²) in [5.41, 5.74) is 0.684. The van der Waals surface area contributed by atoms with Crippen molar-refractivity contribution in [2.75, 3.05) is 25.1 Å². The number of hydrogen-bond donors (Lipinski definition) is 3. The van der Waals surface area contributed by atoms with Crippen molar-refractivity contribution in [1.82, 2.24) is 5.32 Å². The van der Waals surface area contributed by atoms with Crippen LogP contribution in [0.1, 0.15) is 44.5 Å². The number of anilines is 1. The third kappa shape index (κ3) is 8.00. The number of benzene rings is 1. The Morgan fingerprint density at radius 1 is 1.28 bits per heavy atom. The maximum atomic E-state index is 11.8. The average Bonchev–Trinajstić information content (AvgIpc) is 2.56. The van der Waals surface area contributed by atoms with Gasteiger partial charge in [-0.05, 0) is 31.5 Å².